The molecule has 6 rings (SSSR count). The highest BCUT2D eigenvalue weighted by molar-refractivity contribution is 5.85. The van der Waals surface area contributed by atoms with E-state index in [4.69, 9.17) is 9.47 Å². The zero-order valence-electron chi connectivity index (χ0n) is 22.3. The monoisotopic (exact) mass is 521 g/mol. The highest BCUT2D eigenvalue weighted by atomic mass is 16.6. The molecule has 1 unspecified atom stereocenters. The molecule has 3 nitrogen and oxygen atoms in total. The Bertz CT molecular complexity index is 1380. The topological polar surface area (TPSA) is 25.0 Å². The van der Waals surface area contributed by atoms with Crippen LogP contribution >= 0.6 is 0 Å². The van der Waals surface area contributed by atoms with Crippen molar-refractivity contribution in [3.8, 4) is 5.75 Å². The fraction of sp³-hybridized carbons (Fsp3) is 0.0811. The molecule has 1 saturated heterocycles. The van der Waals surface area contributed by atoms with Gasteiger partial charge in [-0.15, -0.1) is 0 Å². The van der Waals surface area contributed by atoms with E-state index in [9.17, 15) is 0 Å². The van der Waals surface area contributed by atoms with Gasteiger partial charge in [0.05, 0.1) is 6.61 Å². The number of nitrogens with zero attached hydrogens (tertiary/aromatic N) is 1. The molecule has 5 aromatic carbocycles. The second-order valence-electron chi connectivity index (χ2n) is 9.72. The number of benzene rings is 5. The maximum absolute atomic E-state index is 5.93. The minimum absolute atomic E-state index is 0.223. The molecule has 0 amide bonds. The van der Waals surface area contributed by atoms with Gasteiger partial charge in [-0.3, -0.25) is 0 Å². The van der Waals surface area contributed by atoms with Crippen molar-refractivity contribution in [2.45, 2.75) is 6.10 Å². The van der Waals surface area contributed by atoms with Crippen LogP contribution in [0.15, 0.2) is 158 Å². The molecule has 40 heavy (non-hydrogen) atoms. The lowest BCUT2D eigenvalue weighted by atomic mass is 9.97. The van der Waals surface area contributed by atoms with Gasteiger partial charge in [0, 0.05) is 29.2 Å². The lowest BCUT2D eigenvalue weighted by molar-refractivity contribution is 0.263. The Morgan fingerprint density at radius 1 is 0.575 bits per heavy atom. The molecule has 1 atom stereocenters. The molecule has 0 aromatic heterocycles. The molecular weight excluding hydrogens is 490 g/mol. The van der Waals surface area contributed by atoms with E-state index < -0.39 is 0 Å². The summed E-state index contributed by atoms with van der Waals surface area (Å²) >= 11 is 0. The number of rotatable bonds is 10. The SMILES string of the molecule is C(=C(c1ccccc1)c1ccccc1)N(C=C(c1ccccc1)c1ccccc1)c1ccc(OCC2CO2)cc1. The summed E-state index contributed by atoms with van der Waals surface area (Å²) in [5.41, 5.74) is 7.89. The van der Waals surface area contributed by atoms with E-state index >= 15 is 0 Å². The summed E-state index contributed by atoms with van der Waals surface area (Å²) in [6, 6.07) is 50.4. The number of hydrogen-bond acceptors (Lipinski definition) is 3. The van der Waals surface area contributed by atoms with Gasteiger partial charge >= 0.3 is 0 Å². The zero-order chi connectivity index (χ0) is 27.0. The van der Waals surface area contributed by atoms with Gasteiger partial charge in [-0.1, -0.05) is 121 Å². The molecule has 1 heterocycles. The summed E-state index contributed by atoms with van der Waals surface area (Å²) in [5.74, 6) is 0.838. The van der Waals surface area contributed by atoms with E-state index in [1.54, 1.807) is 0 Å². The van der Waals surface area contributed by atoms with Crippen molar-refractivity contribution in [3.63, 3.8) is 0 Å². The van der Waals surface area contributed by atoms with E-state index in [1.807, 2.05) is 12.1 Å². The number of ether oxygens (including phenoxy) is 2. The van der Waals surface area contributed by atoms with Crippen molar-refractivity contribution < 1.29 is 9.47 Å². The van der Waals surface area contributed by atoms with Gasteiger partial charge in [0.2, 0.25) is 0 Å². The lowest BCUT2D eigenvalue weighted by Gasteiger charge is -2.22. The summed E-state index contributed by atoms with van der Waals surface area (Å²) < 4.78 is 11.2. The van der Waals surface area contributed by atoms with Gasteiger partial charge in [-0.2, -0.15) is 0 Å². The Morgan fingerprint density at radius 2 is 0.950 bits per heavy atom. The van der Waals surface area contributed by atoms with Crippen molar-refractivity contribution in [1.29, 1.82) is 0 Å². The van der Waals surface area contributed by atoms with E-state index in [1.165, 1.54) is 0 Å². The van der Waals surface area contributed by atoms with E-state index in [-0.39, 0.29) is 6.10 Å². The lowest BCUT2D eigenvalue weighted by Crippen LogP contribution is -2.11. The molecule has 1 fully saturated rings. The fourth-order valence-corrected chi connectivity index (χ4v) is 4.63. The Labute approximate surface area is 236 Å². The molecule has 0 radical (unpaired) electrons. The maximum atomic E-state index is 5.93. The van der Waals surface area contributed by atoms with Crippen LogP contribution < -0.4 is 9.64 Å². The first-order valence-electron chi connectivity index (χ1n) is 13.6. The van der Waals surface area contributed by atoms with Gasteiger partial charge in [-0.05, 0) is 46.5 Å². The minimum atomic E-state index is 0.223. The van der Waals surface area contributed by atoms with Crippen LogP contribution in [0.5, 0.6) is 5.75 Å². The molecule has 0 bridgehead atoms. The summed E-state index contributed by atoms with van der Waals surface area (Å²) in [6.45, 7) is 1.37. The average molecular weight is 522 g/mol. The zero-order valence-corrected chi connectivity index (χ0v) is 22.3. The van der Waals surface area contributed by atoms with Crippen molar-refractivity contribution in [2.75, 3.05) is 18.1 Å². The van der Waals surface area contributed by atoms with Crippen LogP contribution in [0.2, 0.25) is 0 Å². The summed E-state index contributed by atoms with van der Waals surface area (Å²) in [5, 5.41) is 0. The molecule has 5 aromatic rings. The third kappa shape index (κ3) is 6.40. The van der Waals surface area contributed by atoms with Crippen molar-refractivity contribution in [3.05, 3.63) is 180 Å². The van der Waals surface area contributed by atoms with E-state index in [0.29, 0.717) is 6.61 Å². The maximum Gasteiger partial charge on any atom is 0.119 e. The molecular formula is C37H31NO2. The standard InChI is InChI=1S/C37H31NO2/c1-5-13-29(14-6-1)36(30-15-7-2-8-16-30)25-38(33-21-23-34(24-22-33)39-27-35-28-40-35)26-37(31-17-9-3-10-18-31)32-19-11-4-12-20-32/h1-26,35H,27-28H2. The van der Waals surface area contributed by atoms with Crippen molar-refractivity contribution in [2.24, 2.45) is 0 Å². The molecule has 0 N–H and O–H groups in total. The average Bonchev–Trinajstić information content (AvgIpc) is 3.87. The largest absolute Gasteiger partial charge is 0.491 e. The van der Waals surface area contributed by atoms with Gasteiger partial charge in [0.15, 0.2) is 0 Å². The minimum Gasteiger partial charge on any atom is -0.491 e. The van der Waals surface area contributed by atoms with E-state index in [0.717, 1.165) is 51.4 Å². The van der Waals surface area contributed by atoms with Crippen LogP contribution in [0, 0.1) is 0 Å². The highest BCUT2D eigenvalue weighted by Gasteiger charge is 2.23. The number of hydrogen-bond donors (Lipinski definition) is 0. The predicted molar refractivity (Wildman–Crippen MR) is 164 cm³/mol. The Morgan fingerprint density at radius 3 is 1.30 bits per heavy atom. The highest BCUT2D eigenvalue weighted by Crippen LogP contribution is 2.31. The molecule has 196 valence electrons. The van der Waals surface area contributed by atoms with Gasteiger partial charge < -0.3 is 14.4 Å². The van der Waals surface area contributed by atoms with Crippen LogP contribution in [0.25, 0.3) is 11.1 Å². The quantitative estimate of drug-likeness (QED) is 0.172. The molecule has 0 spiro atoms. The Balaban J connectivity index is 1.49. The third-order valence-corrected chi connectivity index (χ3v) is 6.85. The molecule has 3 heteroatoms. The van der Waals surface area contributed by atoms with Crippen LogP contribution in [-0.4, -0.2) is 19.3 Å². The molecule has 0 saturated carbocycles. The van der Waals surface area contributed by atoms with Gasteiger partial charge in [-0.25, -0.2) is 0 Å². The van der Waals surface area contributed by atoms with Gasteiger partial charge in [0.1, 0.15) is 18.5 Å². The van der Waals surface area contributed by atoms with Crippen LogP contribution in [0.4, 0.5) is 5.69 Å². The summed E-state index contributed by atoms with van der Waals surface area (Å²) in [7, 11) is 0. The van der Waals surface area contributed by atoms with Crippen LogP contribution in [0.3, 0.4) is 0 Å². The summed E-state index contributed by atoms with van der Waals surface area (Å²) in [4.78, 5) is 2.22. The first-order chi connectivity index (χ1) is 19.8. The third-order valence-electron chi connectivity index (χ3n) is 6.85. The van der Waals surface area contributed by atoms with Gasteiger partial charge in [0.25, 0.3) is 0 Å². The van der Waals surface area contributed by atoms with Crippen molar-refractivity contribution >= 4 is 16.8 Å². The van der Waals surface area contributed by atoms with Crippen LogP contribution in [0.1, 0.15) is 22.3 Å². The fourth-order valence-electron chi connectivity index (χ4n) is 4.63. The first-order valence-corrected chi connectivity index (χ1v) is 13.6. The van der Waals surface area contributed by atoms with Crippen LogP contribution in [-0.2, 0) is 4.74 Å². The number of epoxide rings is 1. The second-order valence-corrected chi connectivity index (χ2v) is 9.72. The number of anilines is 1. The van der Waals surface area contributed by atoms with Crippen molar-refractivity contribution in [1.82, 2.24) is 0 Å². The molecule has 1 aliphatic rings. The first kappa shape index (κ1) is 25.4. The van der Waals surface area contributed by atoms with E-state index in [2.05, 4.69) is 151 Å². The molecule has 1 aliphatic heterocycles. The smallest absolute Gasteiger partial charge is 0.119 e. The predicted octanol–water partition coefficient (Wildman–Crippen LogP) is 8.45. The second kappa shape index (κ2) is 12.3. The Hall–Kier alpha value is -4.86. The normalized spacial score (nSPS) is 13.7. The molecule has 0 aliphatic carbocycles. The summed E-state index contributed by atoms with van der Waals surface area (Å²) in [6.07, 6.45) is 4.68. The Kier molecular flexibility index (Phi) is 7.84.